The Morgan fingerprint density at radius 1 is 1.53 bits per heavy atom. The lowest BCUT2D eigenvalue weighted by Crippen LogP contribution is -2.26. The van der Waals surface area contributed by atoms with E-state index in [4.69, 9.17) is 5.73 Å². The monoisotopic (exact) mass is 236 g/mol. The highest BCUT2D eigenvalue weighted by molar-refractivity contribution is 5.25. The Balaban J connectivity index is 2.09. The number of likely N-dealkylation sites (tertiary alicyclic amines) is 1. The molecule has 0 aromatic heterocycles. The fraction of sp³-hybridized carbons (Fsp3) is 0.571. The van der Waals surface area contributed by atoms with Crippen molar-refractivity contribution in [3.63, 3.8) is 0 Å². The fourth-order valence-corrected chi connectivity index (χ4v) is 2.49. The maximum atomic E-state index is 13.5. The molecule has 1 aliphatic heterocycles. The highest BCUT2D eigenvalue weighted by Crippen LogP contribution is 2.27. The van der Waals surface area contributed by atoms with Crippen LogP contribution in [0.25, 0.3) is 0 Å². The van der Waals surface area contributed by atoms with Gasteiger partial charge >= 0.3 is 0 Å². The van der Waals surface area contributed by atoms with E-state index >= 15 is 0 Å². The van der Waals surface area contributed by atoms with E-state index < -0.39 is 0 Å². The van der Waals surface area contributed by atoms with Gasteiger partial charge in [-0.3, -0.25) is 4.90 Å². The third-order valence-corrected chi connectivity index (χ3v) is 3.88. The molecule has 17 heavy (non-hydrogen) atoms. The second-order valence-corrected chi connectivity index (χ2v) is 5.07. The van der Waals surface area contributed by atoms with Gasteiger partial charge in [0.25, 0.3) is 0 Å². The molecule has 0 spiro atoms. The van der Waals surface area contributed by atoms with E-state index in [0.29, 0.717) is 11.5 Å². The summed E-state index contributed by atoms with van der Waals surface area (Å²) in [5, 5.41) is 0. The molecule has 2 atom stereocenters. The van der Waals surface area contributed by atoms with Gasteiger partial charge in [0.15, 0.2) is 0 Å². The van der Waals surface area contributed by atoms with Crippen LogP contribution in [0.3, 0.4) is 0 Å². The minimum absolute atomic E-state index is 0.107. The van der Waals surface area contributed by atoms with Crippen molar-refractivity contribution in [2.45, 2.75) is 26.3 Å². The van der Waals surface area contributed by atoms with E-state index in [1.807, 2.05) is 12.1 Å². The molecule has 1 saturated heterocycles. The summed E-state index contributed by atoms with van der Waals surface area (Å²) < 4.78 is 13.5. The molecule has 3 heteroatoms. The summed E-state index contributed by atoms with van der Waals surface area (Å²) in [7, 11) is 0. The molecule has 94 valence electrons. The predicted octanol–water partition coefficient (Wildman–Crippen LogP) is 2.48. The van der Waals surface area contributed by atoms with Crippen LogP contribution in [0.15, 0.2) is 18.2 Å². The zero-order valence-corrected chi connectivity index (χ0v) is 10.6. The first-order chi connectivity index (χ1) is 8.11. The normalized spacial score (nSPS) is 22.9. The third-order valence-electron chi connectivity index (χ3n) is 3.88. The third kappa shape index (κ3) is 2.67. The molecule has 2 rings (SSSR count). The minimum Gasteiger partial charge on any atom is -0.330 e. The minimum atomic E-state index is -0.107. The molecule has 0 bridgehead atoms. The summed E-state index contributed by atoms with van der Waals surface area (Å²) in [6.45, 7) is 6.80. The van der Waals surface area contributed by atoms with Gasteiger partial charge in [0.2, 0.25) is 0 Å². The molecule has 1 heterocycles. The van der Waals surface area contributed by atoms with Gasteiger partial charge in [-0.2, -0.15) is 0 Å². The van der Waals surface area contributed by atoms with Crippen molar-refractivity contribution in [3.8, 4) is 0 Å². The van der Waals surface area contributed by atoms with Gasteiger partial charge in [0.05, 0.1) is 0 Å². The molecule has 2 nitrogen and oxygen atoms in total. The SMILES string of the molecule is Cc1ccc(C(C)N2CCC(CN)C2)cc1F. The molecule has 0 saturated carbocycles. The first-order valence-corrected chi connectivity index (χ1v) is 6.32. The van der Waals surface area contributed by atoms with Gasteiger partial charge in [-0.05, 0) is 56.5 Å². The smallest absolute Gasteiger partial charge is 0.126 e. The molecule has 1 fully saturated rings. The van der Waals surface area contributed by atoms with Crippen molar-refractivity contribution < 1.29 is 4.39 Å². The largest absolute Gasteiger partial charge is 0.330 e. The summed E-state index contributed by atoms with van der Waals surface area (Å²) >= 11 is 0. The summed E-state index contributed by atoms with van der Waals surface area (Å²) in [4.78, 5) is 2.39. The van der Waals surface area contributed by atoms with E-state index in [9.17, 15) is 4.39 Å². The maximum Gasteiger partial charge on any atom is 0.126 e. The quantitative estimate of drug-likeness (QED) is 0.873. The van der Waals surface area contributed by atoms with Crippen molar-refractivity contribution in [3.05, 3.63) is 35.1 Å². The summed E-state index contributed by atoms with van der Waals surface area (Å²) in [6.07, 6.45) is 1.16. The zero-order valence-electron chi connectivity index (χ0n) is 10.6. The predicted molar refractivity (Wildman–Crippen MR) is 68.3 cm³/mol. The van der Waals surface area contributed by atoms with Gasteiger partial charge < -0.3 is 5.73 Å². The number of halogens is 1. The topological polar surface area (TPSA) is 29.3 Å². The van der Waals surface area contributed by atoms with Crippen molar-refractivity contribution in [1.29, 1.82) is 0 Å². The van der Waals surface area contributed by atoms with Crippen LogP contribution in [-0.4, -0.2) is 24.5 Å². The summed E-state index contributed by atoms with van der Waals surface area (Å²) in [5.41, 5.74) is 7.46. The van der Waals surface area contributed by atoms with Crippen molar-refractivity contribution in [2.75, 3.05) is 19.6 Å². The average molecular weight is 236 g/mol. The first kappa shape index (κ1) is 12.5. The highest BCUT2D eigenvalue weighted by Gasteiger charge is 2.25. The summed E-state index contributed by atoms with van der Waals surface area (Å²) in [6, 6.07) is 5.83. The molecule has 1 aromatic rings. The number of aryl methyl sites for hydroxylation is 1. The van der Waals surface area contributed by atoms with E-state index in [1.54, 1.807) is 13.0 Å². The molecule has 2 N–H and O–H groups in total. The number of nitrogens with zero attached hydrogens (tertiary/aromatic N) is 1. The van der Waals surface area contributed by atoms with E-state index in [0.717, 1.165) is 31.6 Å². The Labute approximate surface area is 103 Å². The van der Waals surface area contributed by atoms with Crippen molar-refractivity contribution in [1.82, 2.24) is 4.90 Å². The zero-order chi connectivity index (χ0) is 12.4. The number of nitrogens with two attached hydrogens (primary N) is 1. The van der Waals surface area contributed by atoms with E-state index in [2.05, 4.69) is 11.8 Å². The summed E-state index contributed by atoms with van der Waals surface area (Å²) in [5.74, 6) is 0.497. The van der Waals surface area contributed by atoms with Crippen molar-refractivity contribution >= 4 is 0 Å². The lowest BCUT2D eigenvalue weighted by atomic mass is 10.0. The fourth-order valence-electron chi connectivity index (χ4n) is 2.49. The van der Waals surface area contributed by atoms with Crippen molar-refractivity contribution in [2.24, 2.45) is 11.7 Å². The highest BCUT2D eigenvalue weighted by atomic mass is 19.1. The van der Waals surface area contributed by atoms with Crippen LogP contribution in [0.2, 0.25) is 0 Å². The van der Waals surface area contributed by atoms with E-state index in [1.165, 1.54) is 0 Å². The van der Waals surface area contributed by atoms with Crippen LogP contribution in [0.5, 0.6) is 0 Å². The molecular formula is C14H21FN2. The van der Waals surface area contributed by atoms with Gasteiger partial charge in [-0.15, -0.1) is 0 Å². The van der Waals surface area contributed by atoms with Gasteiger partial charge in [-0.25, -0.2) is 4.39 Å². The van der Waals surface area contributed by atoms with Gasteiger partial charge in [0, 0.05) is 12.6 Å². The van der Waals surface area contributed by atoms with Crippen LogP contribution in [0.1, 0.15) is 30.5 Å². The number of rotatable bonds is 3. The standard InChI is InChI=1S/C14H21FN2/c1-10-3-4-13(7-14(10)15)11(2)17-6-5-12(8-16)9-17/h3-4,7,11-12H,5-6,8-9,16H2,1-2H3. The molecule has 2 unspecified atom stereocenters. The Morgan fingerprint density at radius 2 is 2.29 bits per heavy atom. The number of hydrogen-bond acceptors (Lipinski definition) is 2. The molecule has 1 aliphatic rings. The molecular weight excluding hydrogens is 215 g/mol. The Hall–Kier alpha value is -0.930. The molecule has 0 aliphatic carbocycles. The lowest BCUT2D eigenvalue weighted by Gasteiger charge is -2.25. The van der Waals surface area contributed by atoms with Crippen LogP contribution >= 0.6 is 0 Å². The number of hydrogen-bond donors (Lipinski definition) is 1. The van der Waals surface area contributed by atoms with Crippen LogP contribution in [0, 0.1) is 18.7 Å². The van der Waals surface area contributed by atoms with Gasteiger partial charge in [-0.1, -0.05) is 12.1 Å². The van der Waals surface area contributed by atoms with Crippen LogP contribution in [-0.2, 0) is 0 Å². The second kappa shape index (κ2) is 5.15. The molecule has 1 aromatic carbocycles. The first-order valence-electron chi connectivity index (χ1n) is 6.32. The molecule has 0 radical (unpaired) electrons. The maximum absolute atomic E-state index is 13.5. The Kier molecular flexibility index (Phi) is 3.79. The van der Waals surface area contributed by atoms with Crippen LogP contribution < -0.4 is 5.73 Å². The number of benzene rings is 1. The van der Waals surface area contributed by atoms with Gasteiger partial charge in [0.1, 0.15) is 5.82 Å². The molecule has 0 amide bonds. The lowest BCUT2D eigenvalue weighted by molar-refractivity contribution is 0.253. The van der Waals surface area contributed by atoms with E-state index in [-0.39, 0.29) is 11.9 Å². The Morgan fingerprint density at radius 3 is 2.88 bits per heavy atom. The second-order valence-electron chi connectivity index (χ2n) is 5.07. The van der Waals surface area contributed by atoms with Crippen LogP contribution in [0.4, 0.5) is 4.39 Å². The Bertz CT molecular complexity index is 392. The average Bonchev–Trinajstić information content (AvgIpc) is 2.80.